The van der Waals surface area contributed by atoms with Gasteiger partial charge in [0.15, 0.2) is 0 Å². The van der Waals surface area contributed by atoms with E-state index in [9.17, 15) is 9.50 Å². The van der Waals surface area contributed by atoms with Crippen molar-refractivity contribution in [2.75, 3.05) is 6.61 Å². The van der Waals surface area contributed by atoms with Crippen molar-refractivity contribution in [2.45, 2.75) is 45.2 Å². The van der Waals surface area contributed by atoms with E-state index >= 15 is 0 Å². The summed E-state index contributed by atoms with van der Waals surface area (Å²) in [5, 5.41) is 14.0. The van der Waals surface area contributed by atoms with Gasteiger partial charge in [0.25, 0.3) is 0 Å². The molecule has 4 atom stereocenters. The minimum Gasteiger partial charge on any atom is -0.396 e. The Balaban J connectivity index is 2.15. The number of benzene rings is 2. The fourth-order valence-electron chi connectivity index (χ4n) is 4.66. The van der Waals surface area contributed by atoms with Crippen LogP contribution in [0.25, 0.3) is 0 Å². The lowest BCUT2D eigenvalue weighted by Crippen LogP contribution is -2.31. The zero-order valence-electron chi connectivity index (χ0n) is 15.8. The first-order valence-electron chi connectivity index (χ1n) is 9.42. The van der Waals surface area contributed by atoms with Gasteiger partial charge in [0, 0.05) is 35.2 Å². The summed E-state index contributed by atoms with van der Waals surface area (Å²) in [4.78, 5) is 0. The molecule has 146 valence electrons. The van der Waals surface area contributed by atoms with E-state index in [0.717, 1.165) is 11.1 Å². The highest BCUT2D eigenvalue weighted by Crippen LogP contribution is 2.50. The van der Waals surface area contributed by atoms with Crippen LogP contribution in [0, 0.1) is 24.6 Å². The molecule has 2 aromatic rings. The van der Waals surface area contributed by atoms with Crippen molar-refractivity contribution >= 4 is 23.2 Å². The van der Waals surface area contributed by atoms with Crippen LogP contribution >= 0.6 is 23.2 Å². The van der Waals surface area contributed by atoms with Crippen molar-refractivity contribution in [1.82, 2.24) is 5.32 Å². The molecule has 1 aliphatic heterocycles. The van der Waals surface area contributed by atoms with Crippen molar-refractivity contribution < 1.29 is 9.50 Å². The van der Waals surface area contributed by atoms with Crippen LogP contribution < -0.4 is 5.32 Å². The number of nitrogens with one attached hydrogen (secondary N) is 1. The van der Waals surface area contributed by atoms with Gasteiger partial charge in [-0.15, -0.1) is 0 Å². The van der Waals surface area contributed by atoms with Gasteiger partial charge in [0.2, 0.25) is 0 Å². The van der Waals surface area contributed by atoms with Gasteiger partial charge in [-0.1, -0.05) is 55.2 Å². The van der Waals surface area contributed by atoms with Crippen LogP contribution in [0.1, 0.15) is 48.9 Å². The average molecular weight is 410 g/mol. The molecule has 0 saturated carbocycles. The molecule has 3 unspecified atom stereocenters. The van der Waals surface area contributed by atoms with Crippen LogP contribution in [-0.4, -0.2) is 17.8 Å². The topological polar surface area (TPSA) is 32.3 Å². The first-order chi connectivity index (χ1) is 12.8. The Bertz CT molecular complexity index is 811. The molecule has 0 radical (unpaired) electrons. The number of aliphatic hydroxyl groups is 1. The molecule has 27 heavy (non-hydrogen) atoms. The predicted octanol–water partition coefficient (Wildman–Crippen LogP) is 5.89. The smallest absolute Gasteiger partial charge is 0.146 e. The Morgan fingerprint density at radius 1 is 1.15 bits per heavy atom. The molecule has 2 nitrogen and oxygen atoms in total. The number of hydrogen-bond donors (Lipinski definition) is 2. The summed E-state index contributed by atoms with van der Waals surface area (Å²) in [6.07, 6.45) is 0.630. The van der Waals surface area contributed by atoms with Crippen LogP contribution in [0.15, 0.2) is 36.4 Å². The lowest BCUT2D eigenvalue weighted by molar-refractivity contribution is 0.231. The maximum Gasteiger partial charge on any atom is 0.146 e. The van der Waals surface area contributed by atoms with E-state index in [2.05, 4.69) is 25.2 Å². The third kappa shape index (κ3) is 4.02. The van der Waals surface area contributed by atoms with Gasteiger partial charge in [-0.2, -0.15) is 0 Å². The Kier molecular flexibility index (Phi) is 6.47. The maximum atomic E-state index is 14.9. The van der Waals surface area contributed by atoms with Gasteiger partial charge in [0.1, 0.15) is 5.82 Å². The van der Waals surface area contributed by atoms with Gasteiger partial charge in [0.05, 0.1) is 5.02 Å². The SMILES string of the molecule is Cc1cc(Cl)ccc1C1C(c2cccc(Cl)c2F)N[C@H](CCO)C1C(C)C. The Labute approximate surface area is 170 Å². The lowest BCUT2D eigenvalue weighted by Gasteiger charge is -2.30. The zero-order valence-corrected chi connectivity index (χ0v) is 17.4. The molecule has 3 rings (SSSR count). The van der Waals surface area contributed by atoms with Crippen LogP contribution in [-0.2, 0) is 0 Å². The second kappa shape index (κ2) is 8.48. The van der Waals surface area contributed by atoms with Gasteiger partial charge < -0.3 is 10.4 Å². The molecule has 1 fully saturated rings. The highest BCUT2D eigenvalue weighted by Gasteiger charge is 2.46. The van der Waals surface area contributed by atoms with Crippen molar-refractivity contribution in [3.63, 3.8) is 0 Å². The first-order valence-corrected chi connectivity index (χ1v) is 10.2. The molecule has 2 aromatic carbocycles. The molecule has 2 N–H and O–H groups in total. The molecule has 0 bridgehead atoms. The molecule has 0 aliphatic carbocycles. The standard InChI is InChI=1S/C22H26Cl2FNO/c1-12(2)19-18(9-10-27)26-22(16-5-4-6-17(24)21(16)25)20(19)15-8-7-14(23)11-13(15)3/h4-8,11-12,18-20,22,26-27H,9-10H2,1-3H3/t18-,19?,20?,22?/m1/s1. The summed E-state index contributed by atoms with van der Waals surface area (Å²) in [6, 6.07) is 10.9. The fraction of sp³-hybridized carbons (Fsp3) is 0.455. The van der Waals surface area contributed by atoms with Crippen molar-refractivity contribution in [1.29, 1.82) is 0 Å². The van der Waals surface area contributed by atoms with Gasteiger partial charge in [-0.05, 0) is 54.5 Å². The summed E-state index contributed by atoms with van der Waals surface area (Å²) in [6.45, 7) is 6.51. The van der Waals surface area contributed by atoms with Crippen molar-refractivity contribution in [3.05, 3.63) is 69.0 Å². The molecule has 1 aliphatic rings. The van der Waals surface area contributed by atoms with E-state index < -0.39 is 0 Å². The fourth-order valence-corrected chi connectivity index (χ4v) is 5.06. The normalized spacial score (nSPS) is 25.3. The third-order valence-electron chi connectivity index (χ3n) is 5.75. The van der Waals surface area contributed by atoms with Crippen LogP contribution in [0.4, 0.5) is 4.39 Å². The van der Waals surface area contributed by atoms with Gasteiger partial charge >= 0.3 is 0 Å². The van der Waals surface area contributed by atoms with Gasteiger partial charge in [-0.3, -0.25) is 0 Å². The first kappa shape index (κ1) is 20.6. The monoisotopic (exact) mass is 409 g/mol. The van der Waals surface area contributed by atoms with E-state index in [-0.39, 0.29) is 41.4 Å². The van der Waals surface area contributed by atoms with Crippen LogP contribution in [0.3, 0.4) is 0 Å². The van der Waals surface area contributed by atoms with Gasteiger partial charge in [-0.25, -0.2) is 4.39 Å². The molecule has 1 saturated heterocycles. The second-order valence-electron chi connectivity index (χ2n) is 7.75. The number of halogens is 3. The molecular weight excluding hydrogens is 384 g/mol. The third-order valence-corrected chi connectivity index (χ3v) is 6.28. The summed E-state index contributed by atoms with van der Waals surface area (Å²) in [5.41, 5.74) is 2.83. The van der Waals surface area contributed by atoms with E-state index in [0.29, 0.717) is 22.9 Å². The highest BCUT2D eigenvalue weighted by atomic mass is 35.5. The zero-order chi connectivity index (χ0) is 19.7. The summed E-state index contributed by atoms with van der Waals surface area (Å²) in [5.74, 6) is 0.300. The molecule has 0 amide bonds. The largest absolute Gasteiger partial charge is 0.396 e. The van der Waals surface area contributed by atoms with E-state index in [1.54, 1.807) is 18.2 Å². The minimum atomic E-state index is -0.375. The second-order valence-corrected chi connectivity index (χ2v) is 8.60. The summed E-state index contributed by atoms with van der Waals surface area (Å²) in [7, 11) is 0. The number of rotatable bonds is 5. The predicted molar refractivity (Wildman–Crippen MR) is 110 cm³/mol. The lowest BCUT2D eigenvalue weighted by atomic mass is 9.73. The summed E-state index contributed by atoms with van der Waals surface area (Å²) < 4.78 is 14.9. The van der Waals surface area contributed by atoms with E-state index in [1.165, 1.54) is 0 Å². The number of hydrogen-bond acceptors (Lipinski definition) is 2. The van der Waals surface area contributed by atoms with Crippen LogP contribution in [0.5, 0.6) is 0 Å². The molecule has 0 spiro atoms. The maximum absolute atomic E-state index is 14.9. The summed E-state index contributed by atoms with van der Waals surface area (Å²) >= 11 is 12.2. The average Bonchev–Trinajstić information content (AvgIpc) is 2.97. The Morgan fingerprint density at radius 2 is 1.89 bits per heavy atom. The van der Waals surface area contributed by atoms with E-state index in [1.807, 2.05) is 19.1 Å². The number of aryl methyl sites for hydroxylation is 1. The number of aliphatic hydroxyl groups excluding tert-OH is 1. The Hall–Kier alpha value is -1.13. The van der Waals surface area contributed by atoms with E-state index in [4.69, 9.17) is 23.2 Å². The molecular formula is C22H26Cl2FNO. The minimum absolute atomic E-state index is 0.0618. The quantitative estimate of drug-likeness (QED) is 0.644. The van der Waals surface area contributed by atoms with Crippen molar-refractivity contribution in [3.8, 4) is 0 Å². The Morgan fingerprint density at radius 3 is 2.52 bits per heavy atom. The van der Waals surface area contributed by atoms with Crippen LogP contribution in [0.2, 0.25) is 10.0 Å². The highest BCUT2D eigenvalue weighted by molar-refractivity contribution is 6.31. The van der Waals surface area contributed by atoms with Crippen molar-refractivity contribution in [2.24, 2.45) is 11.8 Å². The molecule has 0 aromatic heterocycles. The molecule has 5 heteroatoms. The molecule has 1 heterocycles.